The van der Waals surface area contributed by atoms with Gasteiger partial charge in [0.15, 0.2) is 9.84 Å². The van der Waals surface area contributed by atoms with E-state index in [4.69, 9.17) is 0 Å². The second-order valence-corrected chi connectivity index (χ2v) is 7.43. The smallest absolute Gasteiger partial charge is 0.151 e. The second kappa shape index (κ2) is 5.02. The standard InChI is InChI=1S/C11H22N2O2S/c1-2-16(14,15)7-6-13-8-10-4-3-5-12-11(10)9-13/h10-12H,2-9H2,1H3. The number of nitrogens with zero attached hydrogens (tertiary/aromatic N) is 1. The fourth-order valence-electron chi connectivity index (χ4n) is 2.73. The molecule has 2 heterocycles. The van der Waals surface area contributed by atoms with Gasteiger partial charge in [-0.3, -0.25) is 0 Å². The number of likely N-dealkylation sites (tertiary alicyclic amines) is 1. The summed E-state index contributed by atoms with van der Waals surface area (Å²) < 4.78 is 22.9. The highest BCUT2D eigenvalue weighted by Gasteiger charge is 2.34. The number of rotatable bonds is 4. The summed E-state index contributed by atoms with van der Waals surface area (Å²) in [4.78, 5) is 2.31. The first-order valence-electron chi connectivity index (χ1n) is 6.27. The minimum atomic E-state index is -2.80. The number of nitrogens with one attached hydrogen (secondary N) is 1. The van der Waals surface area contributed by atoms with Gasteiger partial charge in [-0.2, -0.15) is 0 Å². The van der Waals surface area contributed by atoms with E-state index < -0.39 is 9.84 Å². The first-order valence-corrected chi connectivity index (χ1v) is 8.09. The first-order chi connectivity index (χ1) is 7.61. The SMILES string of the molecule is CCS(=O)(=O)CCN1CC2CCCNC2C1. The molecule has 0 radical (unpaired) electrons. The molecular formula is C11H22N2O2S. The minimum Gasteiger partial charge on any atom is -0.312 e. The van der Waals surface area contributed by atoms with E-state index in [-0.39, 0.29) is 5.75 Å². The first kappa shape index (κ1) is 12.3. The Kier molecular flexibility index (Phi) is 3.87. The largest absolute Gasteiger partial charge is 0.312 e. The van der Waals surface area contributed by atoms with Gasteiger partial charge in [0.25, 0.3) is 0 Å². The lowest BCUT2D eigenvalue weighted by Crippen LogP contribution is -2.40. The predicted molar refractivity (Wildman–Crippen MR) is 65.3 cm³/mol. The van der Waals surface area contributed by atoms with Gasteiger partial charge in [0.1, 0.15) is 0 Å². The topological polar surface area (TPSA) is 49.4 Å². The summed E-state index contributed by atoms with van der Waals surface area (Å²) in [6.45, 7) is 5.68. The Morgan fingerprint density at radius 2 is 2.19 bits per heavy atom. The summed E-state index contributed by atoms with van der Waals surface area (Å²) >= 11 is 0. The Balaban J connectivity index is 1.80. The Morgan fingerprint density at radius 1 is 1.38 bits per heavy atom. The third-order valence-corrected chi connectivity index (χ3v) is 5.52. The van der Waals surface area contributed by atoms with Gasteiger partial charge in [0.05, 0.1) is 5.75 Å². The minimum absolute atomic E-state index is 0.270. The normalized spacial score (nSPS) is 31.6. The van der Waals surface area contributed by atoms with Crippen molar-refractivity contribution in [2.24, 2.45) is 5.92 Å². The molecule has 5 heteroatoms. The molecule has 0 spiro atoms. The average Bonchev–Trinajstić information content (AvgIpc) is 2.69. The highest BCUT2D eigenvalue weighted by molar-refractivity contribution is 7.91. The van der Waals surface area contributed by atoms with Crippen LogP contribution >= 0.6 is 0 Å². The van der Waals surface area contributed by atoms with Gasteiger partial charge >= 0.3 is 0 Å². The molecule has 2 fully saturated rings. The van der Waals surface area contributed by atoms with E-state index in [0.717, 1.165) is 25.6 Å². The van der Waals surface area contributed by atoms with Crippen LogP contribution in [0.3, 0.4) is 0 Å². The van der Waals surface area contributed by atoms with Crippen molar-refractivity contribution in [3.8, 4) is 0 Å². The van der Waals surface area contributed by atoms with Crippen LogP contribution in [0.2, 0.25) is 0 Å². The lowest BCUT2D eigenvalue weighted by molar-refractivity contribution is 0.331. The molecule has 2 aliphatic heterocycles. The van der Waals surface area contributed by atoms with Crippen molar-refractivity contribution in [3.63, 3.8) is 0 Å². The zero-order valence-electron chi connectivity index (χ0n) is 9.98. The van der Waals surface area contributed by atoms with Crippen LogP contribution in [0, 0.1) is 5.92 Å². The Bertz CT molecular complexity index is 315. The number of hydrogen-bond donors (Lipinski definition) is 1. The van der Waals surface area contributed by atoms with E-state index in [9.17, 15) is 8.42 Å². The van der Waals surface area contributed by atoms with E-state index in [1.165, 1.54) is 12.8 Å². The van der Waals surface area contributed by atoms with Gasteiger partial charge in [0, 0.05) is 31.4 Å². The maximum Gasteiger partial charge on any atom is 0.151 e. The highest BCUT2D eigenvalue weighted by atomic mass is 32.2. The summed E-state index contributed by atoms with van der Waals surface area (Å²) in [6, 6.07) is 0.609. The summed E-state index contributed by atoms with van der Waals surface area (Å²) in [6.07, 6.45) is 2.57. The molecule has 0 aromatic carbocycles. The Morgan fingerprint density at radius 3 is 2.88 bits per heavy atom. The average molecular weight is 246 g/mol. The fourth-order valence-corrected chi connectivity index (χ4v) is 3.56. The van der Waals surface area contributed by atoms with Gasteiger partial charge in [0.2, 0.25) is 0 Å². The zero-order chi connectivity index (χ0) is 11.6. The predicted octanol–water partition coefficient (Wildman–Crippen LogP) is 0.105. The van der Waals surface area contributed by atoms with Crippen LogP contribution in [-0.4, -0.2) is 57.0 Å². The van der Waals surface area contributed by atoms with Crippen LogP contribution in [0.1, 0.15) is 19.8 Å². The second-order valence-electron chi connectivity index (χ2n) is 4.96. The van der Waals surface area contributed by atoms with Crippen molar-refractivity contribution < 1.29 is 8.42 Å². The van der Waals surface area contributed by atoms with Gasteiger partial charge < -0.3 is 10.2 Å². The number of sulfone groups is 1. The lowest BCUT2D eigenvalue weighted by Gasteiger charge is -2.24. The molecule has 2 atom stereocenters. The summed E-state index contributed by atoms with van der Waals surface area (Å²) in [5, 5.41) is 3.53. The van der Waals surface area contributed by atoms with Crippen molar-refractivity contribution in [2.45, 2.75) is 25.8 Å². The Labute approximate surface area is 98.3 Å². The van der Waals surface area contributed by atoms with E-state index in [0.29, 0.717) is 18.3 Å². The van der Waals surface area contributed by atoms with E-state index in [1.807, 2.05) is 0 Å². The van der Waals surface area contributed by atoms with Crippen LogP contribution in [-0.2, 0) is 9.84 Å². The Hall–Kier alpha value is -0.130. The molecule has 2 saturated heterocycles. The fraction of sp³-hybridized carbons (Fsp3) is 1.00. The van der Waals surface area contributed by atoms with Crippen molar-refractivity contribution in [1.29, 1.82) is 0 Å². The number of piperidine rings is 1. The summed E-state index contributed by atoms with van der Waals surface area (Å²) in [5.41, 5.74) is 0. The van der Waals surface area contributed by atoms with E-state index in [1.54, 1.807) is 6.92 Å². The van der Waals surface area contributed by atoms with Gasteiger partial charge in [-0.15, -0.1) is 0 Å². The molecule has 94 valence electrons. The van der Waals surface area contributed by atoms with Crippen LogP contribution in [0.15, 0.2) is 0 Å². The highest BCUT2D eigenvalue weighted by Crippen LogP contribution is 2.24. The maximum absolute atomic E-state index is 11.4. The zero-order valence-corrected chi connectivity index (χ0v) is 10.8. The maximum atomic E-state index is 11.4. The molecule has 2 unspecified atom stereocenters. The van der Waals surface area contributed by atoms with Crippen molar-refractivity contribution in [1.82, 2.24) is 10.2 Å². The van der Waals surface area contributed by atoms with Crippen LogP contribution in [0.4, 0.5) is 0 Å². The molecule has 0 amide bonds. The van der Waals surface area contributed by atoms with Crippen molar-refractivity contribution in [2.75, 3.05) is 37.7 Å². The summed E-state index contributed by atoms with van der Waals surface area (Å²) in [5.74, 6) is 1.34. The summed E-state index contributed by atoms with van der Waals surface area (Å²) in [7, 11) is -2.80. The van der Waals surface area contributed by atoms with Gasteiger partial charge in [-0.1, -0.05) is 6.92 Å². The molecule has 0 aromatic heterocycles. The third kappa shape index (κ3) is 2.96. The van der Waals surface area contributed by atoms with Crippen molar-refractivity contribution in [3.05, 3.63) is 0 Å². The van der Waals surface area contributed by atoms with Crippen LogP contribution in [0.25, 0.3) is 0 Å². The third-order valence-electron chi connectivity index (χ3n) is 3.83. The van der Waals surface area contributed by atoms with E-state index >= 15 is 0 Å². The molecule has 0 aliphatic carbocycles. The number of fused-ring (bicyclic) bond motifs is 1. The monoisotopic (exact) mass is 246 g/mol. The van der Waals surface area contributed by atoms with Gasteiger partial charge in [-0.05, 0) is 25.3 Å². The van der Waals surface area contributed by atoms with Crippen LogP contribution in [0.5, 0.6) is 0 Å². The number of hydrogen-bond acceptors (Lipinski definition) is 4. The lowest BCUT2D eigenvalue weighted by atomic mass is 9.94. The molecule has 0 aromatic rings. The van der Waals surface area contributed by atoms with Crippen molar-refractivity contribution >= 4 is 9.84 Å². The molecular weight excluding hydrogens is 224 g/mol. The molecule has 0 bridgehead atoms. The van der Waals surface area contributed by atoms with E-state index in [2.05, 4.69) is 10.2 Å². The molecule has 1 N–H and O–H groups in total. The quantitative estimate of drug-likeness (QED) is 0.764. The van der Waals surface area contributed by atoms with Crippen LogP contribution < -0.4 is 5.32 Å². The molecule has 2 rings (SSSR count). The molecule has 16 heavy (non-hydrogen) atoms. The molecule has 4 nitrogen and oxygen atoms in total. The molecule has 2 aliphatic rings. The molecule has 0 saturated carbocycles. The van der Waals surface area contributed by atoms with Gasteiger partial charge in [-0.25, -0.2) is 8.42 Å².